The summed E-state index contributed by atoms with van der Waals surface area (Å²) >= 11 is 3.34. The smallest absolute Gasteiger partial charge is 0.252 e. The third-order valence-electron chi connectivity index (χ3n) is 3.94. The fraction of sp³-hybridized carbons (Fsp3) is 0.105. The van der Waals surface area contributed by atoms with Crippen molar-refractivity contribution in [1.29, 1.82) is 0 Å². The van der Waals surface area contributed by atoms with Crippen LogP contribution in [0.1, 0.15) is 15.9 Å². The van der Waals surface area contributed by atoms with Gasteiger partial charge in [0.1, 0.15) is 10.6 Å². The number of hydrogen-bond acceptors (Lipinski definition) is 3. The van der Waals surface area contributed by atoms with E-state index >= 15 is 0 Å². The number of primary amides is 1. The standard InChI is InChI=1S/C19H16BrN3O2/c20-17-13(7-4-10-22-17)11-16(18(21)24)23-19(25)15-9-3-6-12-5-1-2-8-14(12)15/h1-10,16H,11H2,(H2,21,24)(H,23,25)/t16-/m0/s1. The molecule has 2 aromatic carbocycles. The van der Waals surface area contributed by atoms with Crippen molar-refractivity contribution in [3.05, 3.63) is 76.5 Å². The first-order valence-electron chi connectivity index (χ1n) is 7.73. The van der Waals surface area contributed by atoms with E-state index in [1.54, 1.807) is 18.3 Å². The zero-order valence-corrected chi connectivity index (χ0v) is 14.9. The molecule has 1 atom stereocenters. The van der Waals surface area contributed by atoms with Crippen LogP contribution in [0.25, 0.3) is 10.8 Å². The summed E-state index contributed by atoms with van der Waals surface area (Å²) in [5.74, 6) is -0.926. The molecule has 2 amide bonds. The lowest BCUT2D eigenvalue weighted by Gasteiger charge is -2.17. The monoisotopic (exact) mass is 397 g/mol. The number of nitrogens with one attached hydrogen (secondary N) is 1. The summed E-state index contributed by atoms with van der Waals surface area (Å²) in [5, 5.41) is 4.52. The van der Waals surface area contributed by atoms with Crippen LogP contribution in [0.15, 0.2) is 65.4 Å². The van der Waals surface area contributed by atoms with Crippen molar-refractivity contribution >= 4 is 38.5 Å². The van der Waals surface area contributed by atoms with Gasteiger partial charge in [0.25, 0.3) is 5.91 Å². The quantitative estimate of drug-likeness (QED) is 0.649. The molecule has 5 nitrogen and oxygen atoms in total. The van der Waals surface area contributed by atoms with Crippen molar-refractivity contribution in [3.63, 3.8) is 0 Å². The summed E-state index contributed by atoms with van der Waals surface area (Å²) < 4.78 is 0.626. The number of carbonyl (C=O) groups excluding carboxylic acids is 2. The Kier molecular flexibility index (Phi) is 5.09. The van der Waals surface area contributed by atoms with Crippen LogP contribution in [0.4, 0.5) is 0 Å². The van der Waals surface area contributed by atoms with Gasteiger partial charge in [-0.25, -0.2) is 4.98 Å². The minimum absolute atomic E-state index is 0.264. The van der Waals surface area contributed by atoms with Gasteiger partial charge >= 0.3 is 0 Å². The molecule has 0 saturated heterocycles. The van der Waals surface area contributed by atoms with Crippen molar-refractivity contribution in [3.8, 4) is 0 Å². The number of amides is 2. The van der Waals surface area contributed by atoms with Gasteiger partial charge in [0.05, 0.1) is 0 Å². The Labute approximate surface area is 153 Å². The summed E-state index contributed by atoms with van der Waals surface area (Å²) in [4.78, 5) is 28.6. The van der Waals surface area contributed by atoms with Gasteiger partial charge in [-0.05, 0) is 44.4 Å². The van der Waals surface area contributed by atoms with Crippen LogP contribution in [-0.2, 0) is 11.2 Å². The van der Waals surface area contributed by atoms with Crippen molar-refractivity contribution in [2.24, 2.45) is 5.73 Å². The molecule has 3 rings (SSSR count). The summed E-state index contributed by atoms with van der Waals surface area (Å²) in [6, 6.07) is 15.8. The number of carbonyl (C=O) groups is 2. The number of benzene rings is 2. The van der Waals surface area contributed by atoms with Crippen LogP contribution in [-0.4, -0.2) is 22.8 Å². The Balaban J connectivity index is 1.86. The number of nitrogens with two attached hydrogens (primary N) is 1. The van der Waals surface area contributed by atoms with E-state index in [9.17, 15) is 9.59 Å². The highest BCUT2D eigenvalue weighted by Crippen LogP contribution is 2.19. The number of pyridine rings is 1. The summed E-state index contributed by atoms with van der Waals surface area (Å²) in [6.07, 6.45) is 1.90. The third-order valence-corrected chi connectivity index (χ3v) is 4.66. The fourth-order valence-electron chi connectivity index (χ4n) is 2.67. The number of aromatic nitrogens is 1. The number of rotatable bonds is 5. The Morgan fingerprint density at radius 1 is 1.08 bits per heavy atom. The highest BCUT2D eigenvalue weighted by atomic mass is 79.9. The predicted octanol–water partition coefficient (Wildman–Crippen LogP) is 2.82. The number of hydrogen-bond donors (Lipinski definition) is 2. The molecule has 0 aliphatic carbocycles. The molecule has 0 radical (unpaired) electrons. The molecule has 0 bridgehead atoms. The van der Waals surface area contributed by atoms with Crippen molar-refractivity contribution in [2.45, 2.75) is 12.5 Å². The predicted molar refractivity (Wildman–Crippen MR) is 100 cm³/mol. The molecule has 0 aliphatic heterocycles. The van der Waals surface area contributed by atoms with E-state index in [-0.39, 0.29) is 12.3 Å². The molecular formula is C19H16BrN3O2. The molecular weight excluding hydrogens is 382 g/mol. The minimum Gasteiger partial charge on any atom is -0.368 e. The largest absolute Gasteiger partial charge is 0.368 e. The summed E-state index contributed by atoms with van der Waals surface area (Å²) in [5.41, 5.74) is 6.79. The van der Waals surface area contributed by atoms with Crippen LogP contribution < -0.4 is 11.1 Å². The van der Waals surface area contributed by atoms with Crippen LogP contribution in [0.5, 0.6) is 0 Å². The maximum atomic E-state index is 12.7. The normalized spacial score (nSPS) is 11.9. The van der Waals surface area contributed by atoms with Gasteiger partial charge in [-0.3, -0.25) is 9.59 Å². The zero-order valence-electron chi connectivity index (χ0n) is 13.3. The van der Waals surface area contributed by atoms with Gasteiger partial charge in [0.15, 0.2) is 0 Å². The Morgan fingerprint density at radius 3 is 2.60 bits per heavy atom. The average molecular weight is 398 g/mol. The van der Waals surface area contributed by atoms with Gasteiger partial charge in [0, 0.05) is 18.2 Å². The second-order valence-corrected chi connectivity index (χ2v) is 6.36. The molecule has 0 unspecified atom stereocenters. The molecule has 3 N–H and O–H groups in total. The Morgan fingerprint density at radius 2 is 1.84 bits per heavy atom. The second-order valence-electron chi connectivity index (χ2n) is 5.61. The summed E-state index contributed by atoms with van der Waals surface area (Å²) in [6.45, 7) is 0. The van der Waals surface area contributed by atoms with E-state index in [0.29, 0.717) is 10.2 Å². The number of nitrogens with zero attached hydrogens (tertiary/aromatic N) is 1. The molecule has 126 valence electrons. The van der Waals surface area contributed by atoms with E-state index in [2.05, 4.69) is 26.2 Å². The fourth-order valence-corrected chi connectivity index (χ4v) is 3.09. The lowest BCUT2D eigenvalue weighted by Crippen LogP contribution is -2.46. The molecule has 1 aromatic heterocycles. The lowest BCUT2D eigenvalue weighted by atomic mass is 10.0. The number of fused-ring (bicyclic) bond motifs is 1. The molecule has 0 saturated carbocycles. The van der Waals surface area contributed by atoms with Crippen LogP contribution in [0, 0.1) is 0 Å². The molecule has 3 aromatic rings. The van der Waals surface area contributed by atoms with Crippen LogP contribution in [0.2, 0.25) is 0 Å². The van der Waals surface area contributed by atoms with Gasteiger partial charge in [-0.15, -0.1) is 0 Å². The minimum atomic E-state index is -0.827. The van der Waals surface area contributed by atoms with Gasteiger partial charge in [-0.1, -0.05) is 42.5 Å². The van der Waals surface area contributed by atoms with Crippen molar-refractivity contribution in [1.82, 2.24) is 10.3 Å². The van der Waals surface area contributed by atoms with Gasteiger partial charge in [0.2, 0.25) is 5.91 Å². The van der Waals surface area contributed by atoms with E-state index in [0.717, 1.165) is 16.3 Å². The Bertz CT molecular complexity index is 937. The maximum Gasteiger partial charge on any atom is 0.252 e. The first-order chi connectivity index (χ1) is 12.1. The van der Waals surface area contributed by atoms with Crippen molar-refractivity contribution in [2.75, 3.05) is 0 Å². The highest BCUT2D eigenvalue weighted by Gasteiger charge is 2.21. The SMILES string of the molecule is NC(=O)[C@H](Cc1cccnc1Br)NC(=O)c1cccc2ccccc12. The molecule has 25 heavy (non-hydrogen) atoms. The third kappa shape index (κ3) is 3.85. The van der Waals surface area contributed by atoms with Gasteiger partial charge < -0.3 is 11.1 Å². The average Bonchev–Trinajstić information content (AvgIpc) is 2.62. The maximum absolute atomic E-state index is 12.7. The molecule has 6 heteroatoms. The molecule has 0 fully saturated rings. The first-order valence-corrected chi connectivity index (χ1v) is 8.53. The van der Waals surface area contributed by atoms with Crippen LogP contribution in [0.3, 0.4) is 0 Å². The first kappa shape index (κ1) is 17.1. The zero-order chi connectivity index (χ0) is 17.8. The van der Waals surface area contributed by atoms with E-state index in [1.165, 1.54) is 0 Å². The topological polar surface area (TPSA) is 85.1 Å². The van der Waals surface area contributed by atoms with Crippen LogP contribution >= 0.6 is 15.9 Å². The van der Waals surface area contributed by atoms with Gasteiger partial charge in [-0.2, -0.15) is 0 Å². The molecule has 1 heterocycles. The summed E-state index contributed by atoms with van der Waals surface area (Å²) in [7, 11) is 0. The lowest BCUT2D eigenvalue weighted by molar-refractivity contribution is -0.119. The van der Waals surface area contributed by atoms with E-state index in [4.69, 9.17) is 5.73 Å². The van der Waals surface area contributed by atoms with E-state index in [1.807, 2.05) is 42.5 Å². The highest BCUT2D eigenvalue weighted by molar-refractivity contribution is 9.10. The Hall–Kier alpha value is -2.73. The number of halogens is 1. The van der Waals surface area contributed by atoms with E-state index < -0.39 is 11.9 Å². The van der Waals surface area contributed by atoms with Crippen molar-refractivity contribution < 1.29 is 9.59 Å². The second kappa shape index (κ2) is 7.44. The molecule has 0 aliphatic rings. The molecule has 0 spiro atoms.